The molecule has 2 aromatic rings. The number of ether oxygens (including phenoxy) is 2. The number of para-hydroxylation sites is 1. The highest BCUT2D eigenvalue weighted by atomic mass is 35.5. The predicted molar refractivity (Wildman–Crippen MR) is 127 cm³/mol. The summed E-state index contributed by atoms with van der Waals surface area (Å²) in [5, 5.41) is 7.68. The Kier molecular flexibility index (Phi) is 9.46. The molecular formula is C24H33ClN4O2. The van der Waals surface area contributed by atoms with E-state index in [1.807, 2.05) is 36.4 Å². The highest BCUT2D eigenvalue weighted by Gasteiger charge is 2.20. The zero-order valence-corrected chi connectivity index (χ0v) is 19.2. The topological polar surface area (TPSA) is 58.1 Å². The molecule has 168 valence electrons. The number of aliphatic imine (C=N–C) groups is 1. The first-order chi connectivity index (χ1) is 15.2. The Morgan fingerprint density at radius 2 is 1.87 bits per heavy atom. The third-order valence-corrected chi connectivity index (χ3v) is 5.71. The number of methoxy groups -OCH3 is 1. The van der Waals surface area contributed by atoms with Gasteiger partial charge < -0.3 is 20.1 Å². The lowest BCUT2D eigenvalue weighted by Gasteiger charge is -2.33. The first-order valence-corrected chi connectivity index (χ1v) is 11.2. The smallest absolute Gasteiger partial charge is 0.191 e. The molecule has 0 aromatic heterocycles. The lowest BCUT2D eigenvalue weighted by molar-refractivity contribution is 0.123. The monoisotopic (exact) mass is 444 g/mol. The van der Waals surface area contributed by atoms with Gasteiger partial charge in [0, 0.05) is 49.9 Å². The molecule has 0 atom stereocenters. The molecule has 1 fully saturated rings. The van der Waals surface area contributed by atoms with Gasteiger partial charge in [0.15, 0.2) is 5.96 Å². The lowest BCUT2D eigenvalue weighted by atomic mass is 10.0. The number of hydrogen-bond donors (Lipinski definition) is 2. The van der Waals surface area contributed by atoms with Crippen molar-refractivity contribution in [3.8, 4) is 5.75 Å². The van der Waals surface area contributed by atoms with E-state index in [0.717, 1.165) is 54.8 Å². The molecule has 0 bridgehead atoms. The average molecular weight is 445 g/mol. The van der Waals surface area contributed by atoms with E-state index in [9.17, 15) is 0 Å². The second-order valence-electron chi connectivity index (χ2n) is 7.68. The quantitative estimate of drug-likeness (QED) is 0.351. The molecule has 0 aliphatic carbocycles. The Morgan fingerprint density at radius 3 is 2.58 bits per heavy atom. The summed E-state index contributed by atoms with van der Waals surface area (Å²) in [4.78, 5) is 6.84. The van der Waals surface area contributed by atoms with E-state index in [4.69, 9.17) is 21.1 Å². The summed E-state index contributed by atoms with van der Waals surface area (Å²) in [7, 11) is 3.49. The Balaban J connectivity index is 1.32. The molecule has 1 saturated heterocycles. The molecule has 0 unspecified atom stereocenters. The fraction of sp³-hybridized carbons (Fsp3) is 0.458. The first kappa shape index (κ1) is 23.4. The maximum Gasteiger partial charge on any atom is 0.191 e. The van der Waals surface area contributed by atoms with Crippen molar-refractivity contribution in [1.29, 1.82) is 0 Å². The molecule has 3 rings (SSSR count). The van der Waals surface area contributed by atoms with Crippen LogP contribution in [0.4, 0.5) is 0 Å². The fourth-order valence-electron chi connectivity index (χ4n) is 3.72. The van der Waals surface area contributed by atoms with E-state index in [2.05, 4.69) is 32.7 Å². The van der Waals surface area contributed by atoms with E-state index in [1.54, 1.807) is 14.2 Å². The van der Waals surface area contributed by atoms with Gasteiger partial charge in [0.25, 0.3) is 0 Å². The summed E-state index contributed by atoms with van der Waals surface area (Å²) < 4.78 is 11.1. The summed E-state index contributed by atoms with van der Waals surface area (Å²) in [5.74, 6) is 1.69. The Bertz CT molecular complexity index is 821. The van der Waals surface area contributed by atoms with Crippen molar-refractivity contribution in [3.05, 3.63) is 64.7 Å². The van der Waals surface area contributed by atoms with Crippen molar-refractivity contribution >= 4 is 17.6 Å². The lowest BCUT2D eigenvalue weighted by Crippen LogP contribution is -2.49. The molecule has 7 heteroatoms. The summed E-state index contributed by atoms with van der Waals surface area (Å²) in [6.45, 7) is 4.94. The molecule has 0 radical (unpaired) electrons. The number of benzene rings is 2. The number of rotatable bonds is 9. The van der Waals surface area contributed by atoms with E-state index in [1.165, 1.54) is 5.56 Å². The predicted octanol–water partition coefficient (Wildman–Crippen LogP) is 3.69. The van der Waals surface area contributed by atoms with Crippen molar-refractivity contribution in [3.63, 3.8) is 0 Å². The number of nitrogens with zero attached hydrogens (tertiary/aromatic N) is 2. The maximum atomic E-state index is 5.98. The highest BCUT2D eigenvalue weighted by Crippen LogP contribution is 2.18. The van der Waals surface area contributed by atoms with Crippen LogP contribution >= 0.6 is 11.6 Å². The standard InChI is InChI=1S/C24H33ClN4O2/c1-26-24(27-13-16-31-18-20-5-3-4-6-23(20)30-2)28-22-11-14-29(15-12-22)17-19-7-9-21(25)10-8-19/h3-10,22H,11-18H2,1-2H3,(H2,26,27,28). The van der Waals surface area contributed by atoms with Gasteiger partial charge in [-0.3, -0.25) is 9.89 Å². The van der Waals surface area contributed by atoms with E-state index >= 15 is 0 Å². The fourth-order valence-corrected chi connectivity index (χ4v) is 3.84. The average Bonchev–Trinajstić information content (AvgIpc) is 2.81. The van der Waals surface area contributed by atoms with Crippen molar-refractivity contribution in [1.82, 2.24) is 15.5 Å². The third-order valence-electron chi connectivity index (χ3n) is 5.46. The SMILES string of the molecule is CN=C(NCCOCc1ccccc1OC)NC1CCN(Cc2ccc(Cl)cc2)CC1. The van der Waals surface area contributed by atoms with Crippen molar-refractivity contribution in [2.24, 2.45) is 4.99 Å². The second kappa shape index (κ2) is 12.5. The van der Waals surface area contributed by atoms with Crippen LogP contribution in [0, 0.1) is 0 Å². The van der Waals surface area contributed by atoms with Gasteiger partial charge in [-0.2, -0.15) is 0 Å². The van der Waals surface area contributed by atoms with Gasteiger partial charge in [-0.25, -0.2) is 0 Å². The van der Waals surface area contributed by atoms with Crippen LogP contribution in [0.2, 0.25) is 5.02 Å². The zero-order valence-electron chi connectivity index (χ0n) is 18.4. The van der Waals surface area contributed by atoms with Crippen LogP contribution in [0.1, 0.15) is 24.0 Å². The molecule has 2 aromatic carbocycles. The highest BCUT2D eigenvalue weighted by molar-refractivity contribution is 6.30. The van der Waals surface area contributed by atoms with Crippen LogP contribution in [-0.4, -0.2) is 57.3 Å². The molecule has 0 spiro atoms. The van der Waals surface area contributed by atoms with Crippen LogP contribution in [-0.2, 0) is 17.9 Å². The van der Waals surface area contributed by atoms with E-state index < -0.39 is 0 Å². The molecule has 6 nitrogen and oxygen atoms in total. The van der Waals surface area contributed by atoms with Gasteiger partial charge in [-0.15, -0.1) is 0 Å². The van der Waals surface area contributed by atoms with Crippen LogP contribution in [0.25, 0.3) is 0 Å². The van der Waals surface area contributed by atoms with Crippen LogP contribution in [0.3, 0.4) is 0 Å². The van der Waals surface area contributed by atoms with Gasteiger partial charge in [0.05, 0.1) is 20.3 Å². The van der Waals surface area contributed by atoms with Gasteiger partial charge in [0.1, 0.15) is 5.75 Å². The minimum Gasteiger partial charge on any atom is -0.496 e. The number of halogens is 1. The molecule has 0 amide bonds. The van der Waals surface area contributed by atoms with Crippen LogP contribution in [0.15, 0.2) is 53.5 Å². The first-order valence-electron chi connectivity index (χ1n) is 10.8. The molecule has 2 N–H and O–H groups in total. The molecular weight excluding hydrogens is 412 g/mol. The van der Waals surface area contributed by atoms with E-state index in [-0.39, 0.29) is 0 Å². The second-order valence-corrected chi connectivity index (χ2v) is 8.12. The minimum absolute atomic E-state index is 0.433. The molecule has 1 aliphatic rings. The Morgan fingerprint density at radius 1 is 1.13 bits per heavy atom. The number of nitrogens with one attached hydrogen (secondary N) is 2. The minimum atomic E-state index is 0.433. The summed E-state index contributed by atoms with van der Waals surface area (Å²) in [5.41, 5.74) is 2.36. The van der Waals surface area contributed by atoms with Crippen LogP contribution in [0.5, 0.6) is 5.75 Å². The Hall–Kier alpha value is -2.28. The summed E-state index contributed by atoms with van der Waals surface area (Å²) in [6, 6.07) is 16.5. The van der Waals surface area contributed by atoms with Crippen molar-refractivity contribution in [2.75, 3.05) is 40.4 Å². The van der Waals surface area contributed by atoms with Crippen molar-refractivity contribution in [2.45, 2.75) is 32.0 Å². The van der Waals surface area contributed by atoms with Gasteiger partial charge in [-0.05, 0) is 36.6 Å². The van der Waals surface area contributed by atoms with Crippen molar-refractivity contribution < 1.29 is 9.47 Å². The summed E-state index contributed by atoms with van der Waals surface area (Å²) >= 11 is 5.98. The molecule has 1 aliphatic heterocycles. The van der Waals surface area contributed by atoms with Crippen LogP contribution < -0.4 is 15.4 Å². The number of hydrogen-bond acceptors (Lipinski definition) is 4. The molecule has 0 saturated carbocycles. The Labute approximate surface area is 190 Å². The summed E-state index contributed by atoms with van der Waals surface area (Å²) in [6.07, 6.45) is 2.19. The number of guanidine groups is 1. The zero-order chi connectivity index (χ0) is 21.9. The normalized spacial score (nSPS) is 15.6. The van der Waals surface area contributed by atoms with E-state index in [0.29, 0.717) is 25.8 Å². The number of piperidine rings is 1. The number of likely N-dealkylation sites (tertiary alicyclic amines) is 1. The van der Waals surface area contributed by atoms with Gasteiger partial charge in [0.2, 0.25) is 0 Å². The molecule has 1 heterocycles. The van der Waals surface area contributed by atoms with Gasteiger partial charge in [-0.1, -0.05) is 41.9 Å². The molecule has 31 heavy (non-hydrogen) atoms. The van der Waals surface area contributed by atoms with Gasteiger partial charge >= 0.3 is 0 Å². The maximum absolute atomic E-state index is 5.98. The third kappa shape index (κ3) is 7.73. The largest absolute Gasteiger partial charge is 0.496 e.